The molecule has 0 spiro atoms. The quantitative estimate of drug-likeness (QED) is 0.902. The second kappa shape index (κ2) is 5.98. The van der Waals surface area contributed by atoms with Gasteiger partial charge in [-0.25, -0.2) is 0 Å². The van der Waals surface area contributed by atoms with Crippen LogP contribution in [-0.4, -0.2) is 21.3 Å². The number of pyridine rings is 1. The van der Waals surface area contributed by atoms with Crippen molar-refractivity contribution in [3.63, 3.8) is 0 Å². The molecule has 0 fully saturated rings. The number of hydrogen-bond acceptors (Lipinski definition) is 3. The Morgan fingerprint density at radius 3 is 2.78 bits per heavy atom. The molecule has 2 heterocycles. The molecule has 1 atom stereocenters. The first-order valence-electron chi connectivity index (χ1n) is 6.02. The predicted molar refractivity (Wildman–Crippen MR) is 72.6 cm³/mol. The zero-order valence-electron chi connectivity index (χ0n) is 10.6. The van der Waals surface area contributed by atoms with Gasteiger partial charge in [0.1, 0.15) is 0 Å². The van der Waals surface area contributed by atoms with Crippen molar-refractivity contribution >= 4 is 11.6 Å². The summed E-state index contributed by atoms with van der Waals surface area (Å²) in [5, 5.41) is 8.48. The van der Waals surface area contributed by atoms with E-state index in [1.807, 2.05) is 36.1 Å². The number of aryl methyl sites for hydroxylation is 1. The summed E-state index contributed by atoms with van der Waals surface area (Å²) >= 11 is 5.86. The number of nitrogens with zero attached hydrogens (tertiary/aromatic N) is 3. The monoisotopic (exact) mass is 264 g/mol. The maximum atomic E-state index is 5.86. The van der Waals surface area contributed by atoms with E-state index in [1.165, 1.54) is 0 Å². The normalized spacial score (nSPS) is 12.6. The molecule has 0 saturated carbocycles. The van der Waals surface area contributed by atoms with Crippen molar-refractivity contribution in [1.82, 2.24) is 20.1 Å². The van der Waals surface area contributed by atoms with Crippen LogP contribution in [0.1, 0.15) is 24.4 Å². The van der Waals surface area contributed by atoms with Gasteiger partial charge in [-0.1, -0.05) is 18.5 Å². The third-order valence-corrected chi connectivity index (χ3v) is 2.96. The fourth-order valence-electron chi connectivity index (χ4n) is 1.90. The molecular formula is C13H17ClN4. The van der Waals surface area contributed by atoms with Crippen molar-refractivity contribution in [2.24, 2.45) is 7.05 Å². The second-order valence-corrected chi connectivity index (χ2v) is 4.63. The lowest BCUT2D eigenvalue weighted by molar-refractivity contribution is 0.527. The summed E-state index contributed by atoms with van der Waals surface area (Å²) in [6, 6.07) is 6.02. The van der Waals surface area contributed by atoms with E-state index in [0.29, 0.717) is 5.02 Å². The summed E-state index contributed by atoms with van der Waals surface area (Å²) in [6.07, 6.45) is 4.45. The fourth-order valence-corrected chi connectivity index (χ4v) is 2.01. The average Bonchev–Trinajstić information content (AvgIpc) is 2.75. The van der Waals surface area contributed by atoms with Crippen molar-refractivity contribution < 1.29 is 0 Å². The van der Waals surface area contributed by atoms with Gasteiger partial charge in [-0.15, -0.1) is 0 Å². The highest BCUT2D eigenvalue weighted by Crippen LogP contribution is 2.17. The SMILES string of the molecule is CCNC(Cc1ccn(C)n1)c1ccc(Cl)cn1. The van der Waals surface area contributed by atoms with Crippen molar-refractivity contribution in [3.05, 3.63) is 47.0 Å². The lowest BCUT2D eigenvalue weighted by Crippen LogP contribution is -2.24. The van der Waals surface area contributed by atoms with E-state index >= 15 is 0 Å². The molecule has 18 heavy (non-hydrogen) atoms. The third kappa shape index (κ3) is 3.31. The highest BCUT2D eigenvalue weighted by atomic mass is 35.5. The fraction of sp³-hybridized carbons (Fsp3) is 0.385. The largest absolute Gasteiger partial charge is 0.309 e. The number of hydrogen-bond donors (Lipinski definition) is 1. The molecule has 96 valence electrons. The Kier molecular flexibility index (Phi) is 4.33. The Labute approximate surface area is 112 Å². The van der Waals surface area contributed by atoms with Gasteiger partial charge < -0.3 is 5.32 Å². The molecule has 0 aliphatic carbocycles. The van der Waals surface area contributed by atoms with Crippen LogP contribution in [0.2, 0.25) is 5.02 Å². The smallest absolute Gasteiger partial charge is 0.0644 e. The van der Waals surface area contributed by atoms with Crippen LogP contribution in [0.15, 0.2) is 30.6 Å². The molecule has 1 unspecified atom stereocenters. The number of rotatable bonds is 5. The van der Waals surface area contributed by atoms with Crippen LogP contribution < -0.4 is 5.32 Å². The zero-order valence-corrected chi connectivity index (χ0v) is 11.4. The lowest BCUT2D eigenvalue weighted by atomic mass is 10.1. The van der Waals surface area contributed by atoms with Crippen LogP contribution in [0.3, 0.4) is 0 Å². The molecule has 5 heteroatoms. The predicted octanol–water partition coefficient (Wildman–Crippen LogP) is 2.36. The molecule has 0 radical (unpaired) electrons. The maximum absolute atomic E-state index is 5.86. The van der Waals surface area contributed by atoms with Gasteiger partial charge in [0.25, 0.3) is 0 Å². The number of likely N-dealkylation sites (N-methyl/N-ethyl adjacent to an activating group) is 1. The van der Waals surface area contributed by atoms with Crippen LogP contribution in [0, 0.1) is 0 Å². The van der Waals surface area contributed by atoms with E-state index in [4.69, 9.17) is 11.6 Å². The summed E-state index contributed by atoms with van der Waals surface area (Å²) in [4.78, 5) is 4.37. The molecule has 2 rings (SSSR count). The van der Waals surface area contributed by atoms with Gasteiger partial charge in [-0.2, -0.15) is 5.10 Å². The van der Waals surface area contributed by atoms with Crippen molar-refractivity contribution in [2.45, 2.75) is 19.4 Å². The van der Waals surface area contributed by atoms with Crippen molar-refractivity contribution in [3.8, 4) is 0 Å². The summed E-state index contributed by atoms with van der Waals surface area (Å²) in [7, 11) is 1.92. The Hall–Kier alpha value is -1.39. The van der Waals surface area contributed by atoms with Gasteiger partial charge in [0.15, 0.2) is 0 Å². The minimum Gasteiger partial charge on any atom is -0.309 e. The number of halogens is 1. The van der Waals surface area contributed by atoms with Crippen LogP contribution in [0.25, 0.3) is 0 Å². The second-order valence-electron chi connectivity index (χ2n) is 4.20. The molecular weight excluding hydrogens is 248 g/mol. The molecule has 0 amide bonds. The topological polar surface area (TPSA) is 42.7 Å². The third-order valence-electron chi connectivity index (χ3n) is 2.74. The van der Waals surface area contributed by atoms with Gasteiger partial charge in [0.05, 0.1) is 22.5 Å². The van der Waals surface area contributed by atoms with Crippen LogP contribution in [0.4, 0.5) is 0 Å². The minimum atomic E-state index is 0.169. The standard InChI is InChI=1S/C13H17ClN4/c1-3-15-13(8-11-6-7-18(2)17-11)12-5-4-10(14)9-16-12/h4-7,9,13,15H,3,8H2,1-2H3. The van der Waals surface area contributed by atoms with Gasteiger partial charge in [-0.05, 0) is 24.7 Å². The molecule has 2 aromatic heterocycles. The molecule has 4 nitrogen and oxygen atoms in total. The molecule has 0 saturated heterocycles. The Morgan fingerprint density at radius 2 is 2.22 bits per heavy atom. The number of aromatic nitrogens is 3. The van der Waals surface area contributed by atoms with Gasteiger partial charge in [-0.3, -0.25) is 9.67 Å². The molecule has 2 aromatic rings. The lowest BCUT2D eigenvalue weighted by Gasteiger charge is -2.16. The van der Waals surface area contributed by atoms with Crippen molar-refractivity contribution in [2.75, 3.05) is 6.54 Å². The first kappa shape index (κ1) is 13.1. The first-order valence-corrected chi connectivity index (χ1v) is 6.40. The molecule has 0 aliphatic rings. The average molecular weight is 265 g/mol. The summed E-state index contributed by atoms with van der Waals surface area (Å²) in [5.74, 6) is 0. The molecule has 0 aromatic carbocycles. The first-order chi connectivity index (χ1) is 8.69. The minimum absolute atomic E-state index is 0.169. The Bertz CT molecular complexity index is 492. The van der Waals surface area contributed by atoms with Gasteiger partial charge in [0, 0.05) is 25.9 Å². The van der Waals surface area contributed by atoms with Crippen molar-refractivity contribution in [1.29, 1.82) is 0 Å². The van der Waals surface area contributed by atoms with E-state index in [-0.39, 0.29) is 6.04 Å². The molecule has 0 bridgehead atoms. The molecule has 0 aliphatic heterocycles. The summed E-state index contributed by atoms with van der Waals surface area (Å²) < 4.78 is 1.81. The van der Waals surface area contributed by atoms with Gasteiger partial charge >= 0.3 is 0 Å². The summed E-state index contributed by atoms with van der Waals surface area (Å²) in [5.41, 5.74) is 2.05. The Morgan fingerprint density at radius 1 is 1.39 bits per heavy atom. The number of nitrogens with one attached hydrogen (secondary N) is 1. The summed E-state index contributed by atoms with van der Waals surface area (Å²) in [6.45, 7) is 2.98. The van der Waals surface area contributed by atoms with E-state index in [1.54, 1.807) is 6.20 Å². The van der Waals surface area contributed by atoms with E-state index in [9.17, 15) is 0 Å². The van der Waals surface area contributed by atoms with E-state index in [0.717, 1.165) is 24.4 Å². The maximum Gasteiger partial charge on any atom is 0.0644 e. The van der Waals surface area contributed by atoms with Crippen LogP contribution in [-0.2, 0) is 13.5 Å². The van der Waals surface area contributed by atoms with E-state index in [2.05, 4.69) is 22.3 Å². The van der Waals surface area contributed by atoms with Crippen LogP contribution in [0.5, 0.6) is 0 Å². The highest BCUT2D eigenvalue weighted by molar-refractivity contribution is 6.30. The van der Waals surface area contributed by atoms with Gasteiger partial charge in [0.2, 0.25) is 0 Å². The highest BCUT2D eigenvalue weighted by Gasteiger charge is 2.13. The van der Waals surface area contributed by atoms with E-state index < -0.39 is 0 Å². The van der Waals surface area contributed by atoms with Crippen LogP contribution >= 0.6 is 11.6 Å². The Balaban J connectivity index is 2.14. The molecule has 1 N–H and O–H groups in total. The zero-order chi connectivity index (χ0) is 13.0.